The van der Waals surface area contributed by atoms with E-state index in [2.05, 4.69) is 92.1 Å². The molecule has 71 heavy (non-hydrogen) atoms. The second-order valence-corrected chi connectivity index (χ2v) is 21.1. The lowest BCUT2D eigenvalue weighted by Gasteiger charge is -2.19. The van der Waals surface area contributed by atoms with E-state index in [9.17, 15) is 15.0 Å². The zero-order valence-corrected chi connectivity index (χ0v) is 47.5. The molecule has 0 aromatic heterocycles. The van der Waals surface area contributed by atoms with Crippen molar-refractivity contribution in [1.29, 1.82) is 0 Å². The highest BCUT2D eigenvalue weighted by Crippen LogP contribution is 2.17. The van der Waals surface area contributed by atoms with E-state index in [1.807, 2.05) is 6.08 Å². The van der Waals surface area contributed by atoms with Gasteiger partial charge in [0.25, 0.3) is 0 Å². The maximum atomic E-state index is 12.5. The van der Waals surface area contributed by atoms with Gasteiger partial charge >= 0.3 is 0 Å². The molecular formula is C67H121NO3. The first-order valence-corrected chi connectivity index (χ1v) is 31.3. The Morgan fingerprint density at radius 3 is 0.986 bits per heavy atom. The molecule has 0 saturated carbocycles. The molecule has 0 aliphatic carbocycles. The Balaban J connectivity index is 3.52. The van der Waals surface area contributed by atoms with E-state index in [1.54, 1.807) is 6.08 Å². The molecule has 0 fully saturated rings. The minimum Gasteiger partial charge on any atom is -0.394 e. The van der Waals surface area contributed by atoms with Crippen molar-refractivity contribution in [3.63, 3.8) is 0 Å². The first-order valence-electron chi connectivity index (χ1n) is 31.3. The van der Waals surface area contributed by atoms with Gasteiger partial charge in [-0.15, -0.1) is 0 Å². The predicted octanol–water partition coefficient (Wildman–Crippen LogP) is 21.1. The van der Waals surface area contributed by atoms with Crippen molar-refractivity contribution in [2.24, 2.45) is 0 Å². The number of unbranched alkanes of at least 4 members (excludes halogenated alkanes) is 38. The van der Waals surface area contributed by atoms with Gasteiger partial charge < -0.3 is 15.5 Å². The third-order valence-electron chi connectivity index (χ3n) is 14.1. The summed E-state index contributed by atoms with van der Waals surface area (Å²) < 4.78 is 0. The second-order valence-electron chi connectivity index (χ2n) is 21.1. The molecule has 0 rings (SSSR count). The topological polar surface area (TPSA) is 69.6 Å². The van der Waals surface area contributed by atoms with E-state index in [-0.39, 0.29) is 12.5 Å². The van der Waals surface area contributed by atoms with E-state index in [1.165, 1.54) is 231 Å². The average Bonchev–Trinajstić information content (AvgIpc) is 3.37. The Morgan fingerprint density at radius 1 is 0.352 bits per heavy atom. The normalized spacial score (nSPS) is 13.4. The van der Waals surface area contributed by atoms with Crippen LogP contribution in [-0.2, 0) is 4.79 Å². The fourth-order valence-electron chi connectivity index (χ4n) is 9.40. The number of hydrogen-bond donors (Lipinski definition) is 3. The van der Waals surface area contributed by atoms with E-state index in [0.29, 0.717) is 6.42 Å². The van der Waals surface area contributed by atoms with Crippen molar-refractivity contribution in [1.82, 2.24) is 5.32 Å². The molecule has 1 amide bonds. The van der Waals surface area contributed by atoms with Gasteiger partial charge in [0, 0.05) is 6.42 Å². The van der Waals surface area contributed by atoms with Gasteiger partial charge in [-0.05, 0) is 77.0 Å². The molecule has 0 aliphatic rings. The van der Waals surface area contributed by atoms with Gasteiger partial charge in [0.1, 0.15) is 0 Å². The standard InChI is InChI=1S/C67H121NO3/c1-3-5-7-9-11-13-15-17-19-21-23-25-27-29-31-33-34-35-37-39-41-43-45-47-49-51-53-55-57-59-61-63-67(71)68-65(64-69)66(70)62-60-58-56-54-52-50-48-46-44-42-40-38-36-32-30-28-26-24-22-20-18-16-14-12-10-8-6-4-2/h5,7,11,13,17,19,23,25,29,31,52,54,60,62,65-66,69-70H,3-4,6,8-10,12,14-16,18,20-22,24,26-28,30,32-51,53,55-59,61,63-64H2,1-2H3,(H,68,71)/b7-5-,13-11-,19-17-,25-23-,31-29-,54-52+,62-60+. The first kappa shape index (κ1) is 68.6. The Bertz CT molecular complexity index is 1260. The smallest absolute Gasteiger partial charge is 0.220 e. The fraction of sp³-hybridized carbons (Fsp3) is 0.776. The van der Waals surface area contributed by atoms with Crippen LogP contribution in [0.1, 0.15) is 316 Å². The monoisotopic (exact) mass is 988 g/mol. The minimum absolute atomic E-state index is 0.0730. The lowest BCUT2D eigenvalue weighted by molar-refractivity contribution is -0.123. The van der Waals surface area contributed by atoms with Gasteiger partial charge in [-0.25, -0.2) is 0 Å². The van der Waals surface area contributed by atoms with Crippen LogP contribution >= 0.6 is 0 Å². The molecule has 0 aromatic rings. The average molecular weight is 989 g/mol. The number of hydrogen-bond acceptors (Lipinski definition) is 3. The Hall–Kier alpha value is -2.43. The number of aliphatic hydroxyl groups excluding tert-OH is 2. The second kappa shape index (κ2) is 61.9. The van der Waals surface area contributed by atoms with Gasteiger partial charge in [-0.2, -0.15) is 0 Å². The molecule has 0 spiro atoms. The molecule has 0 radical (unpaired) electrons. The van der Waals surface area contributed by atoms with Crippen molar-refractivity contribution < 1.29 is 15.0 Å². The Morgan fingerprint density at radius 2 is 0.634 bits per heavy atom. The summed E-state index contributed by atoms with van der Waals surface area (Å²) in [6, 6.07) is -0.644. The zero-order chi connectivity index (χ0) is 51.3. The summed E-state index contributed by atoms with van der Waals surface area (Å²) in [4.78, 5) is 12.5. The van der Waals surface area contributed by atoms with Crippen LogP contribution < -0.4 is 5.32 Å². The number of carbonyl (C=O) groups excluding carboxylic acids is 1. The van der Waals surface area contributed by atoms with E-state index in [0.717, 1.165) is 64.2 Å². The molecule has 0 bridgehead atoms. The number of nitrogens with one attached hydrogen (secondary N) is 1. The zero-order valence-electron chi connectivity index (χ0n) is 47.5. The van der Waals surface area contributed by atoms with Crippen LogP contribution in [0.5, 0.6) is 0 Å². The van der Waals surface area contributed by atoms with Gasteiger partial charge in [0.15, 0.2) is 0 Å². The van der Waals surface area contributed by atoms with Crippen LogP contribution in [0.25, 0.3) is 0 Å². The molecule has 2 unspecified atom stereocenters. The molecule has 0 aromatic carbocycles. The third kappa shape index (κ3) is 58.3. The molecule has 4 heteroatoms. The molecule has 412 valence electrons. The summed E-state index contributed by atoms with van der Waals surface area (Å²) >= 11 is 0. The predicted molar refractivity (Wildman–Crippen MR) is 317 cm³/mol. The minimum atomic E-state index is -0.867. The lowest BCUT2D eigenvalue weighted by atomic mass is 10.0. The Kier molecular flexibility index (Phi) is 59.8. The van der Waals surface area contributed by atoms with Gasteiger partial charge in [-0.1, -0.05) is 317 Å². The summed E-state index contributed by atoms with van der Waals surface area (Å²) in [5.74, 6) is -0.0730. The number of rotatable bonds is 57. The molecular weight excluding hydrogens is 867 g/mol. The van der Waals surface area contributed by atoms with Gasteiger partial charge in [0.2, 0.25) is 5.91 Å². The summed E-state index contributed by atoms with van der Waals surface area (Å²) in [5.41, 5.74) is 0. The quantitative estimate of drug-likeness (QED) is 0.0420. The van der Waals surface area contributed by atoms with Crippen molar-refractivity contribution in [2.75, 3.05) is 6.61 Å². The first-order chi connectivity index (χ1) is 35.2. The summed E-state index contributed by atoms with van der Waals surface area (Å²) in [5, 5.41) is 23.2. The van der Waals surface area contributed by atoms with Crippen molar-refractivity contribution in [3.05, 3.63) is 85.1 Å². The highest BCUT2D eigenvalue weighted by molar-refractivity contribution is 5.76. The van der Waals surface area contributed by atoms with Crippen LogP contribution in [0.3, 0.4) is 0 Å². The van der Waals surface area contributed by atoms with Crippen LogP contribution in [0.2, 0.25) is 0 Å². The van der Waals surface area contributed by atoms with Gasteiger partial charge in [0.05, 0.1) is 18.8 Å². The third-order valence-corrected chi connectivity index (χ3v) is 14.1. The summed E-state index contributed by atoms with van der Waals surface area (Å²) in [7, 11) is 0. The maximum Gasteiger partial charge on any atom is 0.220 e. The maximum absolute atomic E-state index is 12.5. The van der Waals surface area contributed by atoms with E-state index < -0.39 is 12.1 Å². The number of carbonyl (C=O) groups is 1. The van der Waals surface area contributed by atoms with Crippen LogP contribution in [0, 0.1) is 0 Å². The van der Waals surface area contributed by atoms with Crippen LogP contribution in [0.15, 0.2) is 85.1 Å². The lowest BCUT2D eigenvalue weighted by Crippen LogP contribution is -2.45. The SMILES string of the molecule is CC/C=C\C/C=C\C/C=C\C/C=C\C/C=C\CCCCCCCCCCCCCCCCCC(=O)NC(CO)C(O)/C=C/CC/C=C/CCCCCCCCCCCCCCCCCCCCCCCC. The highest BCUT2D eigenvalue weighted by atomic mass is 16.3. The van der Waals surface area contributed by atoms with E-state index >= 15 is 0 Å². The molecule has 4 nitrogen and oxygen atoms in total. The summed E-state index contributed by atoms with van der Waals surface area (Å²) in [6.45, 7) is 4.21. The summed E-state index contributed by atoms with van der Waals surface area (Å²) in [6.07, 6.45) is 90.6. The molecule has 0 saturated heterocycles. The van der Waals surface area contributed by atoms with Crippen molar-refractivity contribution >= 4 is 5.91 Å². The van der Waals surface area contributed by atoms with Crippen LogP contribution in [0.4, 0.5) is 0 Å². The Labute approximate surface area is 443 Å². The molecule has 3 N–H and O–H groups in total. The van der Waals surface area contributed by atoms with Gasteiger partial charge in [-0.3, -0.25) is 4.79 Å². The van der Waals surface area contributed by atoms with Crippen molar-refractivity contribution in [3.8, 4) is 0 Å². The van der Waals surface area contributed by atoms with Crippen molar-refractivity contribution in [2.45, 2.75) is 328 Å². The highest BCUT2D eigenvalue weighted by Gasteiger charge is 2.18. The molecule has 0 heterocycles. The fourth-order valence-corrected chi connectivity index (χ4v) is 9.40. The number of allylic oxidation sites excluding steroid dienone is 13. The molecule has 2 atom stereocenters. The molecule has 0 aliphatic heterocycles. The number of amides is 1. The number of aliphatic hydroxyl groups is 2. The van der Waals surface area contributed by atoms with E-state index in [4.69, 9.17) is 0 Å². The largest absolute Gasteiger partial charge is 0.394 e. The van der Waals surface area contributed by atoms with Crippen LogP contribution in [-0.4, -0.2) is 34.9 Å².